The predicted octanol–water partition coefficient (Wildman–Crippen LogP) is 4.46. The Hall–Kier alpha value is -6.65. The number of alkyl halides is 3. The van der Waals surface area contributed by atoms with Crippen molar-refractivity contribution < 1.29 is 32.3 Å². The molecule has 0 unspecified atom stereocenters. The van der Waals surface area contributed by atoms with Crippen LogP contribution in [0.15, 0.2) is 95.7 Å². The minimum atomic E-state index is -4.72. The van der Waals surface area contributed by atoms with Crippen molar-refractivity contribution >= 4 is 40.7 Å². The van der Waals surface area contributed by atoms with Crippen molar-refractivity contribution in [3.63, 3.8) is 0 Å². The van der Waals surface area contributed by atoms with Gasteiger partial charge in [0.2, 0.25) is 5.91 Å². The molecule has 0 radical (unpaired) electrons. The fraction of sp³-hybridized carbons (Fsp3) is 0.282. The van der Waals surface area contributed by atoms with Crippen LogP contribution in [0.4, 0.5) is 23.7 Å². The van der Waals surface area contributed by atoms with Gasteiger partial charge >= 0.3 is 12.2 Å². The number of anilines is 1. The number of fused-ring (bicyclic) bond motifs is 1. The maximum atomic E-state index is 13.6. The van der Waals surface area contributed by atoms with E-state index in [9.17, 15) is 37.1 Å². The highest BCUT2D eigenvalue weighted by Gasteiger charge is 2.31. The van der Waals surface area contributed by atoms with Crippen molar-refractivity contribution in [3.8, 4) is 11.3 Å². The molecule has 4 heterocycles. The van der Waals surface area contributed by atoms with Crippen LogP contribution in [0.5, 0.6) is 0 Å². The molecule has 0 fully saturated rings. The van der Waals surface area contributed by atoms with Crippen LogP contribution in [0.25, 0.3) is 16.8 Å². The molecule has 14 nitrogen and oxygen atoms in total. The number of imide groups is 1. The van der Waals surface area contributed by atoms with E-state index >= 15 is 0 Å². The van der Waals surface area contributed by atoms with Crippen molar-refractivity contribution in [2.45, 2.75) is 51.5 Å². The molecule has 6 rings (SSSR count). The lowest BCUT2D eigenvalue weighted by atomic mass is 9.95. The van der Waals surface area contributed by atoms with Gasteiger partial charge in [-0.05, 0) is 66.0 Å². The summed E-state index contributed by atoms with van der Waals surface area (Å²) in [6, 6.07) is 9.36. The highest BCUT2D eigenvalue weighted by Crippen LogP contribution is 2.27. The summed E-state index contributed by atoms with van der Waals surface area (Å²) < 4.78 is 41.1. The Morgan fingerprint density at radius 3 is 2.32 bits per heavy atom. The fourth-order valence-electron chi connectivity index (χ4n) is 6.21. The van der Waals surface area contributed by atoms with Crippen LogP contribution in [0.2, 0.25) is 0 Å². The van der Waals surface area contributed by atoms with Crippen LogP contribution in [-0.2, 0) is 34.0 Å². The molecule has 4 N–H and O–H groups in total. The van der Waals surface area contributed by atoms with Gasteiger partial charge in [-0.1, -0.05) is 31.1 Å². The Morgan fingerprint density at radius 2 is 1.61 bits per heavy atom. The van der Waals surface area contributed by atoms with Gasteiger partial charge in [0.15, 0.2) is 0 Å². The summed E-state index contributed by atoms with van der Waals surface area (Å²) in [6.45, 7) is -0.116. The summed E-state index contributed by atoms with van der Waals surface area (Å²) in [5.74, 6) is -1.44. The Bertz CT molecular complexity index is 2180. The lowest BCUT2D eigenvalue weighted by molar-refractivity contribution is -0.143. The van der Waals surface area contributed by atoms with Gasteiger partial charge in [0.25, 0.3) is 17.4 Å². The van der Waals surface area contributed by atoms with Crippen molar-refractivity contribution in [1.29, 1.82) is 5.41 Å². The third kappa shape index (κ3) is 9.90. The van der Waals surface area contributed by atoms with E-state index in [0.717, 1.165) is 47.4 Å². The van der Waals surface area contributed by atoms with E-state index in [1.165, 1.54) is 18.2 Å². The van der Waals surface area contributed by atoms with Crippen molar-refractivity contribution in [1.82, 2.24) is 35.2 Å². The molecule has 1 aromatic carbocycles. The molecule has 0 spiro atoms. The lowest BCUT2D eigenvalue weighted by Gasteiger charge is -2.17. The summed E-state index contributed by atoms with van der Waals surface area (Å²) in [4.78, 5) is 68.1. The third-order valence-corrected chi connectivity index (χ3v) is 9.14. The molecule has 0 atom stereocenters. The van der Waals surface area contributed by atoms with Gasteiger partial charge in [-0.2, -0.15) is 18.3 Å². The van der Waals surface area contributed by atoms with Crippen LogP contribution in [0, 0.1) is 5.41 Å². The smallest absolute Gasteiger partial charge is 0.390 e. The second-order valence-corrected chi connectivity index (χ2v) is 13.3. The van der Waals surface area contributed by atoms with Gasteiger partial charge in [-0.25, -0.2) is 9.48 Å². The number of benzene rings is 1. The monoisotopic (exact) mass is 769 g/mol. The first-order valence-electron chi connectivity index (χ1n) is 17.8. The number of halogens is 3. The van der Waals surface area contributed by atoms with Gasteiger partial charge < -0.3 is 26.3 Å². The number of hydrogen-bond donors (Lipinski definition) is 4. The highest BCUT2D eigenvalue weighted by atomic mass is 19.4. The largest absolute Gasteiger partial charge is 0.408 e. The molecule has 0 bridgehead atoms. The number of carbonyl (C=O) groups excluding carboxylic acids is 4. The van der Waals surface area contributed by atoms with Gasteiger partial charge in [-0.3, -0.25) is 29.1 Å². The summed E-state index contributed by atoms with van der Waals surface area (Å²) in [5.41, 5.74) is 2.86. The third-order valence-electron chi connectivity index (χ3n) is 9.14. The first-order valence-corrected chi connectivity index (χ1v) is 17.8. The van der Waals surface area contributed by atoms with E-state index in [1.54, 1.807) is 53.8 Å². The van der Waals surface area contributed by atoms with E-state index in [0.29, 0.717) is 59.7 Å². The average Bonchev–Trinajstić information content (AvgIpc) is 3.74. The molecule has 2 aliphatic heterocycles. The maximum Gasteiger partial charge on any atom is 0.408 e. The SMILES string of the molecule is N=C1C=CC(c2cc(-c3ccc(NC(=O)N4Cc5ccncc5C4)cc3)nn(CC(F)(F)F)c2=O)=C/C1=C/NCCCCCCNC(=O)CN1C(=O)C=CC1=O. The first-order chi connectivity index (χ1) is 26.8. The zero-order chi connectivity index (χ0) is 39.8. The van der Waals surface area contributed by atoms with E-state index in [4.69, 9.17) is 5.41 Å². The molecule has 3 aliphatic rings. The topological polar surface area (TPSA) is 182 Å². The Labute approximate surface area is 319 Å². The summed E-state index contributed by atoms with van der Waals surface area (Å²) >= 11 is 0. The lowest BCUT2D eigenvalue weighted by Crippen LogP contribution is -2.40. The number of allylic oxidation sites excluding steroid dienone is 5. The minimum absolute atomic E-state index is 0.0308. The first kappa shape index (κ1) is 39.1. The maximum absolute atomic E-state index is 13.6. The number of rotatable bonds is 14. The fourth-order valence-corrected chi connectivity index (χ4v) is 6.21. The molecule has 56 heavy (non-hydrogen) atoms. The van der Waals surface area contributed by atoms with E-state index in [1.807, 2.05) is 6.07 Å². The zero-order valence-electron chi connectivity index (χ0n) is 30.1. The standard InChI is InChI=1S/C39H38F3N9O5/c40-39(41,42)24-51-37(55)31(18-33(48-51)25-5-8-30(9-6-25)47-38(56)49-21-27-13-16-45-20-29(27)22-49)26-7-10-32(43)28(17-26)19-44-14-3-1-2-4-15-46-34(52)23-50-35(53)11-12-36(50)54/h5-13,16-20,43-44H,1-4,14-15,21-24H2,(H,46,52)(H,47,56)/b28-19-,43-32?. The van der Waals surface area contributed by atoms with Gasteiger partial charge in [0.05, 0.1) is 17.0 Å². The number of urea groups is 1. The van der Waals surface area contributed by atoms with Crippen LogP contribution in [-0.4, -0.2) is 79.8 Å². The average molecular weight is 770 g/mol. The minimum Gasteiger partial charge on any atom is -0.390 e. The molecule has 0 saturated carbocycles. The van der Waals surface area contributed by atoms with Crippen LogP contribution in [0.1, 0.15) is 42.4 Å². The van der Waals surface area contributed by atoms with Crippen molar-refractivity contribution in [2.75, 3.05) is 25.0 Å². The molecule has 3 aromatic rings. The number of aromatic nitrogens is 3. The summed E-state index contributed by atoms with van der Waals surface area (Å²) in [6.07, 6.45) is 10.2. The van der Waals surface area contributed by atoms with Crippen LogP contribution < -0.4 is 21.5 Å². The Morgan fingerprint density at radius 1 is 0.893 bits per heavy atom. The number of unbranched alkanes of at least 4 members (excludes halogenated alkanes) is 3. The second kappa shape index (κ2) is 17.2. The van der Waals surface area contributed by atoms with Gasteiger partial charge in [-0.15, -0.1) is 0 Å². The van der Waals surface area contributed by atoms with E-state index < -0.39 is 36.0 Å². The normalized spacial score (nSPS) is 15.7. The molecular weight excluding hydrogens is 731 g/mol. The number of amides is 5. The predicted molar refractivity (Wildman–Crippen MR) is 201 cm³/mol. The molecule has 2 aromatic heterocycles. The molecule has 17 heteroatoms. The van der Waals surface area contributed by atoms with E-state index in [2.05, 4.69) is 26.0 Å². The quantitative estimate of drug-likeness (QED) is 0.137. The second-order valence-electron chi connectivity index (χ2n) is 13.3. The molecule has 0 saturated heterocycles. The summed E-state index contributed by atoms with van der Waals surface area (Å²) in [5, 5.41) is 21.1. The van der Waals surface area contributed by atoms with Crippen molar-refractivity contribution in [3.05, 3.63) is 118 Å². The summed E-state index contributed by atoms with van der Waals surface area (Å²) in [7, 11) is 0. The van der Waals surface area contributed by atoms with Crippen LogP contribution in [0.3, 0.4) is 0 Å². The molecule has 1 aliphatic carbocycles. The number of hydrogen-bond acceptors (Lipinski definition) is 9. The van der Waals surface area contributed by atoms with Gasteiger partial charge in [0, 0.05) is 73.7 Å². The zero-order valence-corrected chi connectivity index (χ0v) is 30.1. The number of carbonyl (C=O) groups is 4. The highest BCUT2D eigenvalue weighted by molar-refractivity contribution is 6.14. The Kier molecular flexibility index (Phi) is 12.0. The van der Waals surface area contributed by atoms with Crippen molar-refractivity contribution in [2.24, 2.45) is 0 Å². The molecular formula is C39H38F3N9O5. The molecule has 5 amide bonds. The molecule has 290 valence electrons. The van der Waals surface area contributed by atoms with Gasteiger partial charge in [0.1, 0.15) is 13.1 Å². The Balaban J connectivity index is 1.05. The number of nitrogens with zero attached hydrogens (tertiary/aromatic N) is 5. The van der Waals surface area contributed by atoms with E-state index in [-0.39, 0.29) is 29.5 Å². The van der Waals surface area contributed by atoms with Crippen LogP contribution >= 0.6 is 0 Å². The number of pyridine rings is 1. The number of nitrogens with one attached hydrogen (secondary N) is 4.